The Kier molecular flexibility index (Phi) is 267. The van der Waals surface area contributed by atoms with Gasteiger partial charge in [-0.15, -0.1) is 0 Å². The summed E-state index contributed by atoms with van der Waals surface area (Å²) in [5.41, 5.74) is 0. The predicted octanol–water partition coefficient (Wildman–Crippen LogP) is -2.27. The third kappa shape index (κ3) is 23.7. The maximum absolute atomic E-state index is 0. The van der Waals surface area contributed by atoms with E-state index in [0.29, 0.717) is 0 Å². The first-order valence-electron chi connectivity index (χ1n) is 0. The van der Waals surface area contributed by atoms with Gasteiger partial charge in [-0.2, -0.15) is 0 Å². The van der Waals surface area contributed by atoms with Crippen LogP contribution in [0.4, 0.5) is 0 Å². The summed E-state index contributed by atoms with van der Waals surface area (Å²) in [6.45, 7) is 0. The monoisotopic (exact) mass is 188 g/mol. The van der Waals surface area contributed by atoms with Crippen LogP contribution >= 0.6 is 0 Å². The molecule has 6 heavy (non-hydrogen) atoms. The van der Waals surface area contributed by atoms with Gasteiger partial charge in [-0.05, 0) is 0 Å². The molecule has 0 aliphatic carbocycles. The number of hydrogen-bond acceptors (Lipinski definition) is 0. The van der Waals surface area contributed by atoms with Crippen molar-refractivity contribution in [3.63, 3.8) is 0 Å². The fraction of sp³-hybridized carbons (Fsp3) is 0. The fourth-order valence-electron chi connectivity index (χ4n) is 0. The third-order valence-corrected chi connectivity index (χ3v) is 0. The Balaban J connectivity index is 0. The molecule has 0 spiro atoms. The summed E-state index contributed by atoms with van der Waals surface area (Å²) in [4.78, 5) is 0. The van der Waals surface area contributed by atoms with Crippen LogP contribution in [-0.2, 0) is 0 Å². The summed E-state index contributed by atoms with van der Waals surface area (Å²) in [6.07, 6.45) is 0. The topological polar surface area (TPSA) is 63.0 Å². The molecule has 0 aliphatic rings. The Morgan fingerprint density at radius 1 is 0.667 bits per heavy atom. The Hall–Kier alpha value is 4.47. The van der Waals surface area contributed by atoms with Crippen molar-refractivity contribution in [1.82, 2.24) is 0 Å². The molecular weight excluding hydrogens is 177 g/mol. The second-order valence-electron chi connectivity index (χ2n) is 0. The zero-order chi connectivity index (χ0) is 0. The molecule has 0 aromatic rings. The third-order valence-electron chi connectivity index (χ3n) is 0. The average Bonchev–Trinajstić information content (AvgIpc) is 0. The molecule has 0 aromatic heterocycles. The first-order valence-corrected chi connectivity index (χ1v) is 0. The van der Waals surface area contributed by atoms with Crippen LogP contribution < -0.4 is 0 Å². The largest absolute Gasteiger partial charge is 2.00 e. The molecule has 4 N–H and O–H groups in total. The van der Waals surface area contributed by atoms with E-state index in [1.165, 1.54) is 0 Å². The van der Waals surface area contributed by atoms with Crippen molar-refractivity contribution >= 4 is 136 Å². The van der Waals surface area contributed by atoms with Crippen LogP contribution in [0, 0.1) is 0 Å². The summed E-state index contributed by atoms with van der Waals surface area (Å²) < 4.78 is 0. The van der Waals surface area contributed by atoms with Crippen LogP contribution in [0.25, 0.3) is 0 Å². The van der Waals surface area contributed by atoms with Crippen LogP contribution in [0.3, 0.4) is 0 Å². The first kappa shape index (κ1) is 47.0. The number of hydrogen-bond donors (Lipinski definition) is 0. The van der Waals surface area contributed by atoms with Gasteiger partial charge in [0.1, 0.15) is 0 Å². The van der Waals surface area contributed by atoms with Crippen molar-refractivity contribution in [2.45, 2.75) is 0 Å². The standard InChI is InChI=1S/3Ca.Mg.2H2O.8H/h;;;;2*1H2;;;;;;;;/q4*+2;;;8*-1. The van der Waals surface area contributed by atoms with Crippen molar-refractivity contribution in [2.24, 2.45) is 0 Å². The maximum Gasteiger partial charge on any atom is 2.00 e. The first-order chi connectivity index (χ1) is 0. The molecule has 0 rings (SSSR count). The SMILES string of the molecule is O.O.[Ca+2].[Ca+2].[Ca+2].[H-].[H-].[H-].[H-].[H-].[H-].[H-].[H-].[Mg+2]. The molecule has 2 nitrogen and oxygen atoms in total. The molecule has 32 valence electrons. The molecule has 0 fully saturated rings. The smallest absolute Gasteiger partial charge is 1.00 e. The minimum absolute atomic E-state index is 0. The summed E-state index contributed by atoms with van der Waals surface area (Å²) in [5, 5.41) is 0. The fourth-order valence-corrected chi connectivity index (χ4v) is 0. The zero-order valence-corrected chi connectivity index (χ0v) is 11.9. The molecule has 6 heteroatoms. The second-order valence-corrected chi connectivity index (χ2v) is 0. The molecule has 0 radical (unpaired) electrons. The molecule has 0 aromatic carbocycles. The van der Waals surface area contributed by atoms with Gasteiger partial charge in [0.2, 0.25) is 0 Å². The molecule has 0 saturated carbocycles. The Labute approximate surface area is 155 Å². The quantitative estimate of drug-likeness (QED) is 0.385. The van der Waals surface area contributed by atoms with Gasteiger partial charge < -0.3 is 22.4 Å². The molecule has 0 saturated heterocycles. The molecule has 0 amide bonds. The van der Waals surface area contributed by atoms with E-state index >= 15 is 0 Å². The van der Waals surface area contributed by atoms with Gasteiger partial charge in [0.05, 0.1) is 0 Å². The normalized spacial score (nSPS) is 0. The predicted molar refractivity (Wildman–Crippen MR) is 39.1 cm³/mol. The van der Waals surface area contributed by atoms with Crippen molar-refractivity contribution in [3.05, 3.63) is 0 Å². The van der Waals surface area contributed by atoms with Gasteiger partial charge in [-0.1, -0.05) is 0 Å². The molecule has 0 aliphatic heterocycles. The molecule has 0 atom stereocenters. The molecular formula is H12Ca3MgO2. The van der Waals surface area contributed by atoms with Crippen molar-refractivity contribution < 1.29 is 22.4 Å². The summed E-state index contributed by atoms with van der Waals surface area (Å²) in [5.74, 6) is 0. The van der Waals surface area contributed by atoms with E-state index in [1.807, 2.05) is 0 Å². The Morgan fingerprint density at radius 2 is 0.667 bits per heavy atom. The second kappa shape index (κ2) is 34.0. The van der Waals surface area contributed by atoms with Gasteiger partial charge in [-0.3, -0.25) is 0 Å². The Bertz CT molecular complexity index is 22.5. The van der Waals surface area contributed by atoms with Crippen LogP contribution in [0.2, 0.25) is 0 Å². The minimum Gasteiger partial charge on any atom is -1.00 e. The number of rotatable bonds is 0. The van der Waals surface area contributed by atoms with Gasteiger partial charge in [0.25, 0.3) is 0 Å². The van der Waals surface area contributed by atoms with E-state index in [-0.39, 0.29) is 159 Å². The van der Waals surface area contributed by atoms with Gasteiger partial charge in [-0.25, -0.2) is 0 Å². The van der Waals surface area contributed by atoms with Crippen LogP contribution in [0.1, 0.15) is 11.4 Å². The zero-order valence-electron chi connectivity index (χ0n) is 11.8. The van der Waals surface area contributed by atoms with Crippen LogP contribution in [0.15, 0.2) is 0 Å². The Morgan fingerprint density at radius 3 is 0.667 bits per heavy atom. The van der Waals surface area contributed by atoms with Crippen LogP contribution in [0.5, 0.6) is 0 Å². The summed E-state index contributed by atoms with van der Waals surface area (Å²) in [6, 6.07) is 0. The molecule has 0 unspecified atom stereocenters. The minimum atomic E-state index is 0. The van der Waals surface area contributed by atoms with Gasteiger partial charge in [0, 0.05) is 0 Å². The van der Waals surface area contributed by atoms with E-state index in [2.05, 4.69) is 0 Å². The van der Waals surface area contributed by atoms with Gasteiger partial charge >= 0.3 is 136 Å². The van der Waals surface area contributed by atoms with Crippen molar-refractivity contribution in [1.29, 1.82) is 0 Å². The van der Waals surface area contributed by atoms with E-state index in [9.17, 15) is 0 Å². The van der Waals surface area contributed by atoms with E-state index in [1.54, 1.807) is 0 Å². The van der Waals surface area contributed by atoms with Crippen molar-refractivity contribution in [3.8, 4) is 0 Å². The van der Waals surface area contributed by atoms with E-state index < -0.39 is 0 Å². The molecule has 0 heterocycles. The van der Waals surface area contributed by atoms with Crippen molar-refractivity contribution in [2.75, 3.05) is 0 Å². The maximum atomic E-state index is 0. The van der Waals surface area contributed by atoms with E-state index in [4.69, 9.17) is 0 Å². The average molecular weight is 189 g/mol. The van der Waals surface area contributed by atoms with E-state index in [0.717, 1.165) is 0 Å². The molecule has 0 bridgehead atoms. The van der Waals surface area contributed by atoms with Crippen LogP contribution in [-0.4, -0.2) is 147 Å². The summed E-state index contributed by atoms with van der Waals surface area (Å²) >= 11 is 0. The van der Waals surface area contributed by atoms with Gasteiger partial charge in [0.15, 0.2) is 0 Å². The summed E-state index contributed by atoms with van der Waals surface area (Å²) in [7, 11) is 0.